The third-order valence-corrected chi connectivity index (χ3v) is 4.15. The second-order valence-electron chi connectivity index (χ2n) is 5.74. The molecule has 0 aliphatic heterocycles. The summed E-state index contributed by atoms with van der Waals surface area (Å²) in [6.45, 7) is 0.268. The molecule has 0 aliphatic carbocycles. The number of nitrogens with zero attached hydrogens (tertiary/aromatic N) is 4. The Morgan fingerprint density at radius 1 is 1.32 bits per heavy atom. The number of hydrogen-bond donors (Lipinski definition) is 2. The third-order valence-electron chi connectivity index (χ3n) is 3.66. The van der Waals surface area contributed by atoms with Crippen LogP contribution in [0.2, 0.25) is 0 Å². The van der Waals surface area contributed by atoms with E-state index >= 15 is 0 Å². The van der Waals surface area contributed by atoms with Crippen LogP contribution in [0.3, 0.4) is 0 Å². The highest BCUT2D eigenvalue weighted by Gasteiger charge is 2.25. The SMILES string of the molecule is O=C(N/N=C/c1ccc(O)cc1)c1nn(Cc2cccc(Br)c2)cc1[N+](=O)[O-]. The van der Waals surface area contributed by atoms with Crippen LogP contribution in [-0.2, 0) is 6.54 Å². The predicted molar refractivity (Wildman–Crippen MR) is 105 cm³/mol. The van der Waals surface area contributed by atoms with Gasteiger partial charge in [0.2, 0.25) is 5.69 Å². The van der Waals surface area contributed by atoms with Gasteiger partial charge in [-0.05, 0) is 47.5 Å². The molecule has 0 saturated carbocycles. The lowest BCUT2D eigenvalue weighted by Gasteiger charge is -2.01. The first kappa shape index (κ1) is 19.2. The summed E-state index contributed by atoms with van der Waals surface area (Å²) in [7, 11) is 0. The fraction of sp³-hybridized carbons (Fsp3) is 0.0556. The summed E-state index contributed by atoms with van der Waals surface area (Å²) in [6, 6.07) is 13.5. The monoisotopic (exact) mass is 443 g/mol. The zero-order valence-corrected chi connectivity index (χ0v) is 15.9. The molecule has 0 radical (unpaired) electrons. The van der Waals surface area contributed by atoms with Gasteiger partial charge in [-0.2, -0.15) is 10.2 Å². The second-order valence-corrected chi connectivity index (χ2v) is 6.65. The number of carbonyl (C=O) groups is 1. The van der Waals surface area contributed by atoms with Crippen molar-refractivity contribution in [2.45, 2.75) is 6.54 Å². The molecule has 0 spiro atoms. The zero-order valence-electron chi connectivity index (χ0n) is 14.3. The highest BCUT2D eigenvalue weighted by molar-refractivity contribution is 9.10. The van der Waals surface area contributed by atoms with Crippen molar-refractivity contribution >= 4 is 33.7 Å². The first-order valence-corrected chi connectivity index (χ1v) is 8.80. The van der Waals surface area contributed by atoms with Gasteiger partial charge in [0, 0.05) is 4.47 Å². The van der Waals surface area contributed by atoms with Crippen molar-refractivity contribution in [3.63, 3.8) is 0 Å². The maximum atomic E-state index is 12.3. The van der Waals surface area contributed by atoms with Crippen LogP contribution in [0, 0.1) is 10.1 Å². The van der Waals surface area contributed by atoms with Crippen LogP contribution < -0.4 is 5.43 Å². The van der Waals surface area contributed by atoms with Gasteiger partial charge in [0.1, 0.15) is 11.9 Å². The summed E-state index contributed by atoms with van der Waals surface area (Å²) in [6.07, 6.45) is 2.56. The van der Waals surface area contributed by atoms with Gasteiger partial charge in [0.25, 0.3) is 5.91 Å². The van der Waals surface area contributed by atoms with Crippen LogP contribution in [0.4, 0.5) is 5.69 Å². The smallest absolute Gasteiger partial charge is 0.320 e. The highest BCUT2D eigenvalue weighted by atomic mass is 79.9. The lowest BCUT2D eigenvalue weighted by molar-refractivity contribution is -0.385. The maximum absolute atomic E-state index is 12.3. The molecule has 3 aromatic rings. The van der Waals surface area contributed by atoms with Gasteiger partial charge in [0.15, 0.2) is 0 Å². The Labute approximate surface area is 167 Å². The number of phenolic OH excluding ortho intramolecular Hbond substituents is 1. The van der Waals surface area contributed by atoms with Gasteiger partial charge in [-0.3, -0.25) is 19.6 Å². The molecule has 10 heteroatoms. The minimum Gasteiger partial charge on any atom is -0.508 e. The zero-order chi connectivity index (χ0) is 20.1. The second kappa shape index (κ2) is 8.44. The van der Waals surface area contributed by atoms with Crippen molar-refractivity contribution in [1.82, 2.24) is 15.2 Å². The predicted octanol–water partition coefficient (Wildman–Crippen LogP) is 3.07. The molecule has 0 saturated heterocycles. The van der Waals surface area contributed by atoms with E-state index in [0.29, 0.717) is 5.56 Å². The Balaban J connectivity index is 1.76. The number of phenols is 1. The molecule has 3 rings (SSSR count). The first-order chi connectivity index (χ1) is 13.4. The molecule has 1 amide bonds. The summed E-state index contributed by atoms with van der Waals surface area (Å²) in [4.78, 5) is 22.9. The number of nitrogens with one attached hydrogen (secondary N) is 1. The molecular weight excluding hydrogens is 430 g/mol. The van der Waals surface area contributed by atoms with Crippen LogP contribution in [0.25, 0.3) is 0 Å². The lowest BCUT2D eigenvalue weighted by atomic mass is 10.2. The molecule has 28 heavy (non-hydrogen) atoms. The van der Waals surface area contributed by atoms with Crippen LogP contribution in [0.15, 0.2) is 64.3 Å². The highest BCUT2D eigenvalue weighted by Crippen LogP contribution is 2.19. The lowest BCUT2D eigenvalue weighted by Crippen LogP contribution is -2.19. The molecule has 0 unspecified atom stereocenters. The number of benzene rings is 2. The average molecular weight is 444 g/mol. The van der Waals surface area contributed by atoms with E-state index in [2.05, 4.69) is 31.6 Å². The molecule has 0 atom stereocenters. The Kier molecular flexibility index (Phi) is 5.80. The number of carbonyl (C=O) groups excluding carboxylic acids is 1. The standard InChI is InChI=1S/C18H14BrN5O4/c19-14-3-1-2-13(8-14)10-23-11-16(24(27)28)17(22-23)18(26)21-20-9-12-4-6-15(25)7-5-12/h1-9,11,25H,10H2,(H,21,26)/b20-9+. The number of aromatic hydroxyl groups is 1. The van der Waals surface area contributed by atoms with E-state index in [9.17, 15) is 20.0 Å². The van der Waals surface area contributed by atoms with Gasteiger partial charge >= 0.3 is 5.69 Å². The molecule has 0 bridgehead atoms. The minimum atomic E-state index is -0.797. The van der Waals surface area contributed by atoms with E-state index in [1.54, 1.807) is 12.1 Å². The van der Waals surface area contributed by atoms with Crippen molar-refractivity contribution in [2.75, 3.05) is 0 Å². The fourth-order valence-corrected chi connectivity index (χ4v) is 2.83. The Bertz CT molecular complexity index is 1050. The Morgan fingerprint density at radius 2 is 2.07 bits per heavy atom. The first-order valence-electron chi connectivity index (χ1n) is 8.01. The van der Waals surface area contributed by atoms with Gasteiger partial charge < -0.3 is 5.11 Å². The van der Waals surface area contributed by atoms with E-state index < -0.39 is 16.5 Å². The maximum Gasteiger partial charge on any atom is 0.320 e. The summed E-state index contributed by atoms with van der Waals surface area (Å²) in [5.41, 5.74) is 2.98. The van der Waals surface area contributed by atoms with Crippen molar-refractivity contribution in [3.8, 4) is 5.75 Å². The average Bonchev–Trinajstić information content (AvgIpc) is 3.07. The number of amides is 1. The Hall–Kier alpha value is -3.53. The summed E-state index contributed by atoms with van der Waals surface area (Å²) in [5, 5.41) is 28.3. The molecule has 9 nitrogen and oxygen atoms in total. The fourth-order valence-electron chi connectivity index (χ4n) is 2.39. The molecular formula is C18H14BrN5O4. The van der Waals surface area contributed by atoms with E-state index in [0.717, 1.165) is 10.0 Å². The van der Waals surface area contributed by atoms with Crippen molar-refractivity contribution in [1.29, 1.82) is 0 Å². The Morgan fingerprint density at radius 3 is 2.75 bits per heavy atom. The molecule has 142 valence electrons. The molecule has 0 aliphatic rings. The van der Waals surface area contributed by atoms with Crippen molar-refractivity contribution in [3.05, 3.63) is 86.1 Å². The number of hydrogen-bond acceptors (Lipinski definition) is 6. The number of aromatic nitrogens is 2. The van der Waals surface area contributed by atoms with E-state index in [1.807, 2.05) is 24.3 Å². The van der Waals surface area contributed by atoms with E-state index in [-0.39, 0.29) is 18.0 Å². The van der Waals surface area contributed by atoms with Crippen LogP contribution in [0.5, 0.6) is 5.75 Å². The minimum absolute atomic E-state index is 0.104. The number of hydrazone groups is 1. The van der Waals surface area contributed by atoms with Gasteiger partial charge in [-0.15, -0.1) is 0 Å². The molecule has 2 aromatic carbocycles. The molecule has 2 N–H and O–H groups in total. The third kappa shape index (κ3) is 4.80. The number of nitro groups is 1. The van der Waals surface area contributed by atoms with Crippen LogP contribution in [-0.4, -0.2) is 31.9 Å². The van der Waals surface area contributed by atoms with Gasteiger partial charge in [-0.25, -0.2) is 5.43 Å². The molecule has 1 heterocycles. The van der Waals surface area contributed by atoms with Gasteiger partial charge in [0.05, 0.1) is 17.7 Å². The van der Waals surface area contributed by atoms with Gasteiger partial charge in [-0.1, -0.05) is 28.1 Å². The summed E-state index contributed by atoms with van der Waals surface area (Å²) >= 11 is 3.36. The van der Waals surface area contributed by atoms with Crippen LogP contribution in [0.1, 0.15) is 21.6 Å². The largest absolute Gasteiger partial charge is 0.508 e. The number of halogens is 1. The number of rotatable bonds is 6. The quantitative estimate of drug-likeness (QED) is 0.344. The van der Waals surface area contributed by atoms with E-state index in [1.165, 1.54) is 29.2 Å². The topological polar surface area (TPSA) is 123 Å². The summed E-state index contributed by atoms with van der Waals surface area (Å²) < 4.78 is 2.20. The van der Waals surface area contributed by atoms with Crippen LogP contribution >= 0.6 is 15.9 Å². The normalized spacial score (nSPS) is 10.9. The molecule has 0 fully saturated rings. The van der Waals surface area contributed by atoms with E-state index in [4.69, 9.17) is 0 Å². The van der Waals surface area contributed by atoms with Crippen molar-refractivity contribution in [2.24, 2.45) is 5.10 Å². The molecule has 1 aromatic heterocycles. The summed E-state index contributed by atoms with van der Waals surface area (Å²) in [5.74, 6) is -0.692. The van der Waals surface area contributed by atoms with Crippen molar-refractivity contribution < 1.29 is 14.8 Å².